The van der Waals surface area contributed by atoms with Gasteiger partial charge in [0.25, 0.3) is 0 Å². The van der Waals surface area contributed by atoms with E-state index >= 15 is 0 Å². The molecule has 0 radical (unpaired) electrons. The first-order chi connectivity index (χ1) is 4.96. The molecule has 0 spiro atoms. The number of aliphatic hydroxyl groups excluding tert-OH is 2. The smallest absolute Gasteiger partial charge is 0.122 e. The zero-order valence-corrected chi connectivity index (χ0v) is 6.49. The highest BCUT2D eigenvalue weighted by atomic mass is 16.4. The largest absolute Gasteiger partial charge is 0.396 e. The second-order valence-electron chi connectivity index (χ2n) is 3.28. The Morgan fingerprint density at radius 1 is 1.45 bits per heavy atom. The van der Waals surface area contributed by atoms with Crippen LogP contribution in [0.15, 0.2) is 0 Å². The van der Waals surface area contributed by atoms with Crippen LogP contribution in [0.5, 0.6) is 0 Å². The van der Waals surface area contributed by atoms with E-state index in [4.69, 9.17) is 10.2 Å². The summed E-state index contributed by atoms with van der Waals surface area (Å²) in [6, 6.07) is 0. The molecule has 1 rings (SSSR count). The summed E-state index contributed by atoms with van der Waals surface area (Å²) < 4.78 is 0. The van der Waals surface area contributed by atoms with Crippen LogP contribution in [0.2, 0.25) is 0 Å². The molecule has 0 saturated heterocycles. The van der Waals surface area contributed by atoms with E-state index in [9.17, 15) is 10.2 Å². The molecule has 0 amide bonds. The third kappa shape index (κ3) is 1.16. The molecule has 1 aliphatic rings. The number of hydrogen-bond donors (Lipinski definition) is 4. The Hall–Kier alpha value is -0.160. The third-order valence-corrected chi connectivity index (χ3v) is 2.46. The van der Waals surface area contributed by atoms with E-state index in [0.717, 1.165) is 0 Å². The van der Waals surface area contributed by atoms with Crippen LogP contribution in [0.4, 0.5) is 0 Å². The average Bonchev–Trinajstić information content (AvgIpc) is 2.38. The summed E-state index contributed by atoms with van der Waals surface area (Å²) in [6.45, 7) is 1.25. The van der Waals surface area contributed by atoms with Crippen molar-refractivity contribution in [1.82, 2.24) is 0 Å². The predicted molar refractivity (Wildman–Crippen MR) is 37.9 cm³/mol. The number of rotatable bonds is 3. The van der Waals surface area contributed by atoms with Gasteiger partial charge in [0, 0.05) is 19.4 Å². The van der Waals surface area contributed by atoms with Gasteiger partial charge in [0.15, 0.2) is 0 Å². The fourth-order valence-electron chi connectivity index (χ4n) is 1.43. The van der Waals surface area contributed by atoms with E-state index in [1.165, 1.54) is 6.92 Å². The summed E-state index contributed by atoms with van der Waals surface area (Å²) in [5.41, 5.74) is -2.66. The zero-order valence-electron chi connectivity index (χ0n) is 6.49. The van der Waals surface area contributed by atoms with Crippen molar-refractivity contribution < 1.29 is 20.4 Å². The van der Waals surface area contributed by atoms with Crippen LogP contribution in [-0.4, -0.2) is 44.3 Å². The van der Waals surface area contributed by atoms with E-state index in [1.807, 2.05) is 0 Å². The number of hydrogen-bond acceptors (Lipinski definition) is 4. The van der Waals surface area contributed by atoms with E-state index in [0.29, 0.717) is 0 Å². The molecule has 4 heteroatoms. The lowest BCUT2D eigenvalue weighted by Crippen LogP contribution is -2.36. The summed E-state index contributed by atoms with van der Waals surface area (Å²) in [5.74, 6) is 0. The van der Waals surface area contributed by atoms with Gasteiger partial charge in [-0.3, -0.25) is 0 Å². The molecular formula is C7H14O4. The van der Waals surface area contributed by atoms with Gasteiger partial charge in [-0.25, -0.2) is 0 Å². The van der Waals surface area contributed by atoms with Crippen molar-refractivity contribution >= 4 is 0 Å². The van der Waals surface area contributed by atoms with Gasteiger partial charge in [-0.05, 0) is 6.92 Å². The Labute approximate surface area is 65.1 Å². The molecular weight excluding hydrogens is 148 g/mol. The maximum absolute atomic E-state index is 9.45. The second kappa shape index (κ2) is 2.42. The first-order valence-electron chi connectivity index (χ1n) is 3.70. The first-order valence-corrected chi connectivity index (χ1v) is 3.70. The molecule has 4 N–H and O–H groups in total. The molecule has 11 heavy (non-hydrogen) atoms. The molecule has 4 nitrogen and oxygen atoms in total. The van der Waals surface area contributed by atoms with Crippen molar-refractivity contribution in [3.63, 3.8) is 0 Å². The minimum absolute atomic E-state index is 0.119. The van der Waals surface area contributed by atoms with E-state index in [1.54, 1.807) is 0 Å². The van der Waals surface area contributed by atoms with Crippen LogP contribution in [0.25, 0.3) is 0 Å². The maximum atomic E-state index is 9.45. The highest BCUT2D eigenvalue weighted by Crippen LogP contribution is 2.52. The van der Waals surface area contributed by atoms with Gasteiger partial charge in [-0.2, -0.15) is 0 Å². The monoisotopic (exact) mass is 162 g/mol. The van der Waals surface area contributed by atoms with E-state index in [-0.39, 0.29) is 19.4 Å². The lowest BCUT2D eigenvalue weighted by Gasteiger charge is -2.17. The Bertz CT molecular complexity index is 159. The normalized spacial score (nSPS) is 45.5. The van der Waals surface area contributed by atoms with Crippen molar-refractivity contribution in [1.29, 1.82) is 0 Å². The molecule has 66 valence electrons. The lowest BCUT2D eigenvalue weighted by atomic mass is 10.1. The average molecular weight is 162 g/mol. The second-order valence-corrected chi connectivity index (χ2v) is 3.28. The van der Waals surface area contributed by atoms with Crippen LogP contribution in [0, 0.1) is 0 Å². The Balaban J connectivity index is 2.56. The topological polar surface area (TPSA) is 80.9 Å². The van der Waals surface area contributed by atoms with Crippen molar-refractivity contribution in [3.05, 3.63) is 0 Å². The molecule has 0 aromatic heterocycles. The van der Waals surface area contributed by atoms with Gasteiger partial charge in [-0.15, -0.1) is 0 Å². The standard InChI is InChI=1S/C7H14O4/c1-5(9)7(11)4-6(7,10)2-3-8/h5,8-11H,2-4H2,1H3. The van der Waals surface area contributed by atoms with Crippen molar-refractivity contribution in [2.75, 3.05) is 6.61 Å². The van der Waals surface area contributed by atoms with Gasteiger partial charge >= 0.3 is 0 Å². The maximum Gasteiger partial charge on any atom is 0.122 e. The van der Waals surface area contributed by atoms with Gasteiger partial charge in [0.1, 0.15) is 11.2 Å². The molecule has 1 fully saturated rings. The van der Waals surface area contributed by atoms with Crippen LogP contribution < -0.4 is 0 Å². The SMILES string of the molecule is CC(O)C1(O)CC1(O)CCO. The fourth-order valence-corrected chi connectivity index (χ4v) is 1.43. The summed E-state index contributed by atoms with van der Waals surface area (Å²) >= 11 is 0. The Morgan fingerprint density at radius 2 is 2.00 bits per heavy atom. The van der Waals surface area contributed by atoms with Gasteiger partial charge in [-0.1, -0.05) is 0 Å². The highest BCUT2D eigenvalue weighted by Gasteiger charge is 2.68. The van der Waals surface area contributed by atoms with Crippen molar-refractivity contribution in [2.45, 2.75) is 37.1 Å². The Kier molecular flexibility index (Phi) is 1.96. The van der Waals surface area contributed by atoms with Crippen molar-refractivity contribution in [3.8, 4) is 0 Å². The predicted octanol–water partition coefficient (Wildman–Crippen LogP) is -1.38. The molecule has 1 aliphatic carbocycles. The first kappa shape index (κ1) is 8.93. The van der Waals surface area contributed by atoms with Crippen LogP contribution in [0.1, 0.15) is 19.8 Å². The fraction of sp³-hybridized carbons (Fsp3) is 1.00. The van der Waals surface area contributed by atoms with Crippen LogP contribution in [-0.2, 0) is 0 Å². The molecule has 0 aromatic carbocycles. The minimum atomic E-state index is -1.39. The quantitative estimate of drug-likeness (QED) is 0.412. The van der Waals surface area contributed by atoms with Crippen molar-refractivity contribution in [2.24, 2.45) is 0 Å². The Morgan fingerprint density at radius 3 is 2.27 bits per heavy atom. The minimum Gasteiger partial charge on any atom is -0.396 e. The number of aliphatic hydroxyl groups is 4. The van der Waals surface area contributed by atoms with Crippen LogP contribution in [0.3, 0.4) is 0 Å². The van der Waals surface area contributed by atoms with Crippen LogP contribution >= 0.6 is 0 Å². The molecule has 0 bridgehead atoms. The van der Waals surface area contributed by atoms with Gasteiger partial charge < -0.3 is 20.4 Å². The zero-order chi connectivity index (χ0) is 8.70. The lowest BCUT2D eigenvalue weighted by molar-refractivity contribution is -0.0604. The molecule has 1 saturated carbocycles. The molecule has 3 unspecified atom stereocenters. The molecule has 0 heterocycles. The third-order valence-electron chi connectivity index (χ3n) is 2.46. The summed E-state index contributed by atoms with van der Waals surface area (Å²) in [7, 11) is 0. The van der Waals surface area contributed by atoms with E-state index in [2.05, 4.69) is 0 Å². The molecule has 0 aromatic rings. The summed E-state index contributed by atoms with van der Waals surface area (Å²) in [5, 5.41) is 36.4. The van der Waals surface area contributed by atoms with Gasteiger partial charge in [0.2, 0.25) is 0 Å². The van der Waals surface area contributed by atoms with Gasteiger partial charge in [0.05, 0.1) is 6.10 Å². The highest BCUT2D eigenvalue weighted by molar-refractivity contribution is 5.20. The summed E-state index contributed by atoms with van der Waals surface area (Å²) in [4.78, 5) is 0. The van der Waals surface area contributed by atoms with E-state index < -0.39 is 17.3 Å². The summed E-state index contributed by atoms with van der Waals surface area (Å²) in [6.07, 6.45) is -0.675. The molecule has 0 aliphatic heterocycles. The molecule has 3 atom stereocenters.